The Balaban J connectivity index is 1.23. The molecule has 0 bridgehead atoms. The van der Waals surface area contributed by atoms with Crippen LogP contribution in [0.4, 0.5) is 5.95 Å². The van der Waals surface area contributed by atoms with Crippen LogP contribution in [0.3, 0.4) is 0 Å². The van der Waals surface area contributed by atoms with Gasteiger partial charge in [0.05, 0.1) is 32.8 Å². The number of nitrogens with two attached hydrogens (primary N) is 1. The molecule has 1 atom stereocenters. The molecule has 11 nitrogen and oxygen atoms in total. The molecular formula is C35H58N5O6P. The molecule has 3 rings (SSSR count). The summed E-state index contributed by atoms with van der Waals surface area (Å²) < 4.78 is 38.1. The number of hydrogen-bond donors (Lipinski definition) is 2. The molecule has 3 N–H and O–H groups in total. The number of rotatable bonds is 29. The molecular weight excluding hydrogens is 617 g/mol. The van der Waals surface area contributed by atoms with Gasteiger partial charge >= 0.3 is 7.60 Å². The van der Waals surface area contributed by atoms with Gasteiger partial charge in [-0.1, -0.05) is 134 Å². The molecule has 0 aliphatic heterocycles. The van der Waals surface area contributed by atoms with E-state index in [0.29, 0.717) is 25.4 Å². The molecule has 0 saturated heterocycles. The zero-order valence-electron chi connectivity index (χ0n) is 28.5. The Labute approximate surface area is 280 Å². The molecule has 0 saturated carbocycles. The van der Waals surface area contributed by atoms with Crippen LogP contribution < -0.4 is 11.3 Å². The minimum atomic E-state index is -3.57. The Morgan fingerprint density at radius 1 is 0.766 bits per heavy atom. The maximum absolute atomic E-state index is 13.5. The van der Waals surface area contributed by atoms with Crippen molar-refractivity contribution in [1.82, 2.24) is 19.5 Å². The van der Waals surface area contributed by atoms with Crippen molar-refractivity contribution in [3.63, 3.8) is 0 Å². The molecule has 47 heavy (non-hydrogen) atoms. The molecule has 3 aromatic rings. The summed E-state index contributed by atoms with van der Waals surface area (Å²) in [6.07, 6.45) is 22.6. The number of ether oxygens (including phenoxy) is 2. The summed E-state index contributed by atoms with van der Waals surface area (Å²) in [5, 5.41) is 0. The third-order valence-electron chi connectivity index (χ3n) is 8.15. The number of nitrogens with one attached hydrogen (secondary N) is 1. The van der Waals surface area contributed by atoms with E-state index in [1.54, 1.807) is 4.57 Å². The van der Waals surface area contributed by atoms with Gasteiger partial charge < -0.3 is 28.8 Å². The third kappa shape index (κ3) is 16.4. The number of unbranched alkanes of at least 4 members (excludes halogenated alkanes) is 15. The summed E-state index contributed by atoms with van der Waals surface area (Å²) in [7, 11) is -3.57. The number of anilines is 1. The lowest BCUT2D eigenvalue weighted by Crippen LogP contribution is -2.14. The number of hydrogen-bond acceptors (Lipinski definition) is 9. The molecule has 0 unspecified atom stereocenters. The fraction of sp³-hybridized carbons (Fsp3) is 0.686. The van der Waals surface area contributed by atoms with Gasteiger partial charge in [0.1, 0.15) is 6.35 Å². The second-order valence-corrected chi connectivity index (χ2v) is 14.2. The van der Waals surface area contributed by atoms with Crippen LogP contribution in [0.15, 0.2) is 41.5 Å². The Morgan fingerprint density at radius 2 is 1.38 bits per heavy atom. The fourth-order valence-corrected chi connectivity index (χ4v) is 6.70. The highest BCUT2D eigenvalue weighted by molar-refractivity contribution is 7.53. The predicted molar refractivity (Wildman–Crippen MR) is 189 cm³/mol. The normalized spacial score (nSPS) is 13.0. The lowest BCUT2D eigenvalue weighted by atomic mass is 10.0. The maximum Gasteiger partial charge on any atom is 0.356 e. The first-order valence-corrected chi connectivity index (χ1v) is 19.5. The zero-order valence-corrected chi connectivity index (χ0v) is 29.4. The number of benzene rings is 1. The van der Waals surface area contributed by atoms with E-state index in [0.717, 1.165) is 18.4 Å². The van der Waals surface area contributed by atoms with E-state index >= 15 is 0 Å². The standard InChI is InChI=1S/C35H58N5O6P/c1-2-3-4-5-6-7-8-9-10-11-12-13-14-15-16-20-24-43-26-27-45-47(42,46-28-31-21-18-17-19-22-31)30-44-25-23-40-29-37-32-33(40)38-35(36)39-34(32)41/h17-19,21-22,29H,2-16,20,23-28,30H2,1H3,(H3,36,38,39,41)/t47-/m0/s1. The largest absolute Gasteiger partial charge is 0.379 e. The molecule has 0 aliphatic rings. The number of fused-ring (bicyclic) bond motifs is 1. The molecule has 2 heterocycles. The van der Waals surface area contributed by atoms with E-state index in [2.05, 4.69) is 21.9 Å². The van der Waals surface area contributed by atoms with Crippen molar-refractivity contribution in [2.24, 2.45) is 0 Å². The topological polar surface area (TPSA) is 144 Å². The summed E-state index contributed by atoms with van der Waals surface area (Å²) >= 11 is 0. The summed E-state index contributed by atoms with van der Waals surface area (Å²) in [5.41, 5.74) is 6.70. The van der Waals surface area contributed by atoms with Crippen molar-refractivity contribution in [3.05, 3.63) is 52.6 Å². The number of nitrogen functional groups attached to an aromatic ring is 1. The zero-order chi connectivity index (χ0) is 33.4. The highest BCUT2D eigenvalue weighted by Crippen LogP contribution is 2.48. The van der Waals surface area contributed by atoms with Crippen LogP contribution in [0.1, 0.15) is 115 Å². The Bertz CT molecular complexity index is 1330. The molecule has 0 radical (unpaired) electrons. The molecule has 0 amide bonds. The van der Waals surface area contributed by atoms with Gasteiger partial charge in [-0.25, -0.2) is 4.98 Å². The molecule has 2 aromatic heterocycles. The molecule has 12 heteroatoms. The summed E-state index contributed by atoms with van der Waals surface area (Å²) in [6, 6.07) is 9.51. The van der Waals surface area contributed by atoms with Crippen LogP contribution in [0.5, 0.6) is 0 Å². The smallest absolute Gasteiger partial charge is 0.356 e. The predicted octanol–water partition coefficient (Wildman–Crippen LogP) is 8.38. The lowest BCUT2D eigenvalue weighted by Gasteiger charge is -2.19. The SMILES string of the molecule is CCCCCCCCCCCCCCCCCCOCCO[P@@](=O)(COCCn1cnc2c(=O)[nH]c(N)nc21)OCc1ccccc1. The summed E-state index contributed by atoms with van der Waals surface area (Å²) in [4.78, 5) is 22.7. The van der Waals surface area contributed by atoms with Crippen LogP contribution in [-0.2, 0) is 36.2 Å². The van der Waals surface area contributed by atoms with Gasteiger partial charge in [-0.2, -0.15) is 4.98 Å². The van der Waals surface area contributed by atoms with Crippen LogP contribution in [0.2, 0.25) is 0 Å². The van der Waals surface area contributed by atoms with E-state index in [4.69, 9.17) is 24.3 Å². The van der Waals surface area contributed by atoms with Gasteiger partial charge in [-0.05, 0) is 12.0 Å². The van der Waals surface area contributed by atoms with Gasteiger partial charge in [0.25, 0.3) is 5.56 Å². The van der Waals surface area contributed by atoms with E-state index in [-0.39, 0.29) is 37.6 Å². The van der Waals surface area contributed by atoms with E-state index in [1.807, 2.05) is 30.3 Å². The minimum absolute atomic E-state index is 0.00872. The Hall–Kier alpha value is -2.56. The second-order valence-electron chi connectivity index (χ2n) is 12.2. The van der Waals surface area contributed by atoms with Gasteiger partial charge in [-0.15, -0.1) is 0 Å². The molecule has 264 valence electrons. The van der Waals surface area contributed by atoms with Crippen molar-refractivity contribution in [2.75, 3.05) is 38.5 Å². The average molecular weight is 676 g/mol. The number of nitrogens with zero attached hydrogens (tertiary/aromatic N) is 3. The van der Waals surface area contributed by atoms with Gasteiger partial charge in [0.2, 0.25) is 5.95 Å². The van der Waals surface area contributed by atoms with Crippen LogP contribution in [-0.4, -0.2) is 52.3 Å². The van der Waals surface area contributed by atoms with Crippen LogP contribution >= 0.6 is 7.60 Å². The number of aromatic nitrogens is 4. The fourth-order valence-electron chi connectivity index (χ4n) is 5.42. The molecule has 0 fully saturated rings. The molecule has 0 spiro atoms. The second kappa shape index (κ2) is 23.7. The first kappa shape index (κ1) is 38.9. The van der Waals surface area contributed by atoms with Gasteiger partial charge in [0.15, 0.2) is 11.2 Å². The molecule has 0 aliphatic carbocycles. The van der Waals surface area contributed by atoms with Crippen molar-refractivity contribution in [2.45, 2.75) is 123 Å². The van der Waals surface area contributed by atoms with Crippen molar-refractivity contribution in [3.8, 4) is 0 Å². The highest BCUT2D eigenvalue weighted by atomic mass is 31.2. The van der Waals surface area contributed by atoms with E-state index in [1.165, 1.54) is 96.2 Å². The van der Waals surface area contributed by atoms with Crippen molar-refractivity contribution >= 4 is 24.7 Å². The third-order valence-corrected chi connectivity index (χ3v) is 9.74. The minimum Gasteiger partial charge on any atom is -0.379 e. The van der Waals surface area contributed by atoms with Crippen molar-refractivity contribution < 1.29 is 23.1 Å². The van der Waals surface area contributed by atoms with Crippen LogP contribution in [0, 0.1) is 0 Å². The van der Waals surface area contributed by atoms with Gasteiger partial charge in [-0.3, -0.25) is 14.3 Å². The lowest BCUT2D eigenvalue weighted by molar-refractivity contribution is 0.0756. The number of aromatic amines is 1. The van der Waals surface area contributed by atoms with Crippen molar-refractivity contribution in [1.29, 1.82) is 0 Å². The first-order valence-electron chi connectivity index (χ1n) is 17.8. The molecule has 1 aromatic carbocycles. The quantitative estimate of drug-likeness (QED) is 0.0548. The van der Waals surface area contributed by atoms with Crippen LogP contribution in [0.25, 0.3) is 11.2 Å². The van der Waals surface area contributed by atoms with E-state index in [9.17, 15) is 9.36 Å². The maximum atomic E-state index is 13.5. The Kier molecular flexibility index (Phi) is 19.6. The average Bonchev–Trinajstić information content (AvgIpc) is 3.48. The number of imidazole rings is 1. The number of H-pyrrole nitrogens is 1. The first-order chi connectivity index (χ1) is 23.0. The summed E-state index contributed by atoms with van der Waals surface area (Å²) in [6.45, 7) is 4.06. The highest BCUT2D eigenvalue weighted by Gasteiger charge is 2.25. The monoisotopic (exact) mass is 675 g/mol. The van der Waals surface area contributed by atoms with E-state index < -0.39 is 13.2 Å². The van der Waals surface area contributed by atoms with Gasteiger partial charge in [0, 0.05) is 13.2 Å². The summed E-state index contributed by atoms with van der Waals surface area (Å²) in [5.74, 6) is 0.00872. The Morgan fingerprint density at radius 3 is 2.02 bits per heavy atom.